The number of nitrogens with one attached hydrogen (secondary N) is 2. The Balaban J connectivity index is 1.81. The smallest absolute Gasteiger partial charge is 0.274 e. The summed E-state index contributed by atoms with van der Waals surface area (Å²) in [5.74, 6) is 1.47. The minimum absolute atomic E-state index is 0.254. The molecule has 7 nitrogen and oxygen atoms in total. The highest BCUT2D eigenvalue weighted by atomic mass is 16.5. The minimum Gasteiger partial charge on any atom is -0.497 e. The van der Waals surface area contributed by atoms with E-state index in [4.69, 9.17) is 14.2 Å². The molecule has 0 bridgehead atoms. The Hall–Kier alpha value is -3.74. The summed E-state index contributed by atoms with van der Waals surface area (Å²) in [4.78, 5) is 16.8. The molecule has 0 atom stereocenters. The topological polar surface area (TPSA) is 81.7 Å². The molecule has 0 saturated carbocycles. The lowest BCUT2D eigenvalue weighted by atomic mass is 10.2. The molecule has 0 unspecified atom stereocenters. The van der Waals surface area contributed by atoms with Gasteiger partial charge in [0.05, 0.1) is 32.7 Å². The number of anilines is 3. The van der Waals surface area contributed by atoms with Crippen LogP contribution < -0.4 is 24.8 Å². The molecule has 28 heavy (non-hydrogen) atoms. The molecule has 144 valence electrons. The van der Waals surface area contributed by atoms with Crippen molar-refractivity contribution in [3.8, 4) is 17.2 Å². The van der Waals surface area contributed by atoms with Gasteiger partial charge in [-0.05, 0) is 36.4 Å². The molecule has 1 amide bonds. The first-order valence-electron chi connectivity index (χ1n) is 8.54. The summed E-state index contributed by atoms with van der Waals surface area (Å²) in [6.45, 7) is 0. The van der Waals surface area contributed by atoms with Gasteiger partial charge in [0, 0.05) is 18.0 Å². The van der Waals surface area contributed by atoms with E-state index in [0.717, 1.165) is 5.69 Å². The summed E-state index contributed by atoms with van der Waals surface area (Å²) >= 11 is 0. The first kappa shape index (κ1) is 19.0. The number of pyridine rings is 1. The van der Waals surface area contributed by atoms with Gasteiger partial charge in [-0.1, -0.05) is 12.1 Å². The molecule has 3 aromatic rings. The quantitative estimate of drug-likeness (QED) is 0.643. The molecule has 1 aromatic heterocycles. The second kappa shape index (κ2) is 8.77. The fourth-order valence-electron chi connectivity index (χ4n) is 2.63. The molecule has 0 fully saturated rings. The summed E-state index contributed by atoms with van der Waals surface area (Å²) in [7, 11) is 4.70. The maximum absolute atomic E-state index is 12.7. The molecule has 0 aliphatic rings. The number of ether oxygens (including phenoxy) is 3. The van der Waals surface area contributed by atoms with E-state index in [9.17, 15) is 4.79 Å². The van der Waals surface area contributed by atoms with Crippen molar-refractivity contribution < 1.29 is 19.0 Å². The minimum atomic E-state index is -0.366. The molecule has 3 rings (SSSR count). The molecule has 7 heteroatoms. The monoisotopic (exact) mass is 379 g/mol. The van der Waals surface area contributed by atoms with Crippen LogP contribution in [0.5, 0.6) is 17.2 Å². The summed E-state index contributed by atoms with van der Waals surface area (Å²) in [5.41, 5.74) is 2.25. The van der Waals surface area contributed by atoms with Gasteiger partial charge in [-0.25, -0.2) is 0 Å². The lowest BCUT2D eigenvalue weighted by molar-refractivity contribution is 0.102. The van der Waals surface area contributed by atoms with E-state index in [-0.39, 0.29) is 11.6 Å². The van der Waals surface area contributed by atoms with E-state index in [1.54, 1.807) is 50.7 Å². The predicted octanol–water partition coefficient (Wildman–Crippen LogP) is 4.10. The number of carbonyl (C=O) groups is 1. The van der Waals surface area contributed by atoms with E-state index in [2.05, 4.69) is 15.6 Å². The first-order valence-corrected chi connectivity index (χ1v) is 8.54. The van der Waals surface area contributed by atoms with Crippen LogP contribution in [0.4, 0.5) is 17.1 Å². The number of benzene rings is 2. The van der Waals surface area contributed by atoms with Crippen molar-refractivity contribution in [3.05, 3.63) is 66.5 Å². The highest BCUT2D eigenvalue weighted by Gasteiger charge is 2.13. The van der Waals surface area contributed by atoms with Crippen molar-refractivity contribution in [2.75, 3.05) is 32.0 Å². The summed E-state index contributed by atoms with van der Waals surface area (Å²) in [6, 6.07) is 16.1. The third-order valence-electron chi connectivity index (χ3n) is 4.03. The number of hydrogen-bond donors (Lipinski definition) is 2. The van der Waals surface area contributed by atoms with Gasteiger partial charge in [-0.3, -0.25) is 9.78 Å². The van der Waals surface area contributed by atoms with E-state index >= 15 is 0 Å². The van der Waals surface area contributed by atoms with E-state index in [1.165, 1.54) is 7.11 Å². The van der Waals surface area contributed by atoms with Crippen LogP contribution in [0.3, 0.4) is 0 Å². The van der Waals surface area contributed by atoms with Crippen molar-refractivity contribution in [1.82, 2.24) is 4.98 Å². The van der Waals surface area contributed by atoms with Gasteiger partial charge in [0.1, 0.15) is 22.9 Å². The van der Waals surface area contributed by atoms with Gasteiger partial charge in [0.15, 0.2) is 0 Å². The molecular formula is C21H21N3O4. The highest BCUT2D eigenvalue weighted by molar-refractivity contribution is 6.04. The Morgan fingerprint density at radius 2 is 1.61 bits per heavy atom. The predicted molar refractivity (Wildman–Crippen MR) is 108 cm³/mol. The van der Waals surface area contributed by atoms with Crippen LogP contribution in [-0.2, 0) is 0 Å². The van der Waals surface area contributed by atoms with Crippen molar-refractivity contribution in [2.24, 2.45) is 0 Å². The maximum Gasteiger partial charge on any atom is 0.274 e. The molecule has 0 radical (unpaired) electrons. The van der Waals surface area contributed by atoms with Gasteiger partial charge in [-0.15, -0.1) is 0 Å². The number of hydrogen-bond acceptors (Lipinski definition) is 6. The molecule has 0 aliphatic carbocycles. The fourth-order valence-corrected chi connectivity index (χ4v) is 2.63. The lowest BCUT2D eigenvalue weighted by Crippen LogP contribution is -2.14. The zero-order valence-electron chi connectivity index (χ0n) is 15.9. The van der Waals surface area contributed by atoms with Crippen LogP contribution >= 0.6 is 0 Å². The van der Waals surface area contributed by atoms with Crippen LogP contribution in [0.25, 0.3) is 0 Å². The Morgan fingerprint density at radius 1 is 0.857 bits per heavy atom. The van der Waals surface area contributed by atoms with Crippen molar-refractivity contribution in [1.29, 1.82) is 0 Å². The Morgan fingerprint density at radius 3 is 2.36 bits per heavy atom. The summed E-state index contributed by atoms with van der Waals surface area (Å²) in [6.07, 6.45) is 1.56. The SMILES string of the molecule is COc1ccc(OC)c(NC(=O)c2cc(Nc3ccccc3OC)ccn2)c1. The third-order valence-corrected chi connectivity index (χ3v) is 4.03. The van der Waals surface area contributed by atoms with Crippen LogP contribution in [0.15, 0.2) is 60.8 Å². The lowest BCUT2D eigenvalue weighted by Gasteiger charge is -2.13. The number of methoxy groups -OCH3 is 3. The number of aromatic nitrogens is 1. The maximum atomic E-state index is 12.7. The fraction of sp³-hybridized carbons (Fsp3) is 0.143. The van der Waals surface area contributed by atoms with E-state index in [0.29, 0.717) is 28.6 Å². The van der Waals surface area contributed by atoms with Gasteiger partial charge >= 0.3 is 0 Å². The van der Waals surface area contributed by atoms with Crippen LogP contribution in [0.2, 0.25) is 0 Å². The average Bonchev–Trinajstić information content (AvgIpc) is 2.74. The van der Waals surface area contributed by atoms with Crippen LogP contribution in [0.1, 0.15) is 10.5 Å². The average molecular weight is 379 g/mol. The second-order valence-electron chi connectivity index (χ2n) is 5.78. The number of rotatable bonds is 7. The van der Waals surface area contributed by atoms with Gasteiger partial charge in [-0.2, -0.15) is 0 Å². The number of nitrogens with zero attached hydrogens (tertiary/aromatic N) is 1. The molecule has 0 spiro atoms. The Labute approximate surface area is 163 Å². The largest absolute Gasteiger partial charge is 0.497 e. The van der Waals surface area contributed by atoms with Gasteiger partial charge < -0.3 is 24.8 Å². The van der Waals surface area contributed by atoms with Crippen molar-refractivity contribution in [2.45, 2.75) is 0 Å². The Kier molecular flexibility index (Phi) is 5.96. The number of carbonyl (C=O) groups excluding carboxylic acids is 1. The molecule has 0 saturated heterocycles. The Bertz CT molecular complexity index is 975. The number of amides is 1. The molecule has 2 aromatic carbocycles. The van der Waals surface area contributed by atoms with E-state index in [1.807, 2.05) is 24.3 Å². The normalized spacial score (nSPS) is 10.1. The molecule has 2 N–H and O–H groups in total. The standard InChI is InChI=1S/C21H21N3O4/c1-26-15-8-9-20(28-3)17(13-15)24-21(25)18-12-14(10-11-22-18)23-16-6-4-5-7-19(16)27-2/h4-13H,1-3H3,(H,22,23)(H,24,25). The third kappa shape index (κ3) is 4.32. The zero-order chi connectivity index (χ0) is 19.9. The zero-order valence-corrected chi connectivity index (χ0v) is 15.9. The molecule has 0 aliphatic heterocycles. The van der Waals surface area contributed by atoms with Crippen molar-refractivity contribution >= 4 is 23.0 Å². The van der Waals surface area contributed by atoms with Crippen LogP contribution in [0, 0.1) is 0 Å². The first-order chi connectivity index (χ1) is 13.6. The van der Waals surface area contributed by atoms with E-state index < -0.39 is 0 Å². The van der Waals surface area contributed by atoms with Crippen LogP contribution in [-0.4, -0.2) is 32.2 Å². The second-order valence-corrected chi connectivity index (χ2v) is 5.78. The number of para-hydroxylation sites is 2. The summed E-state index contributed by atoms with van der Waals surface area (Å²) < 4.78 is 15.8. The van der Waals surface area contributed by atoms with Crippen molar-refractivity contribution in [3.63, 3.8) is 0 Å². The highest BCUT2D eigenvalue weighted by Crippen LogP contribution is 2.30. The summed E-state index contributed by atoms with van der Waals surface area (Å²) in [5, 5.41) is 6.04. The molecule has 1 heterocycles. The molecular weight excluding hydrogens is 358 g/mol. The van der Waals surface area contributed by atoms with Gasteiger partial charge in [0.2, 0.25) is 0 Å². The van der Waals surface area contributed by atoms with Gasteiger partial charge in [0.25, 0.3) is 5.91 Å².